The van der Waals surface area contributed by atoms with Crippen molar-refractivity contribution in [3.63, 3.8) is 0 Å². The second kappa shape index (κ2) is 6.91. The van der Waals surface area contributed by atoms with Crippen LogP contribution in [0.2, 0.25) is 0 Å². The van der Waals surface area contributed by atoms with E-state index in [1.54, 1.807) is 6.92 Å². The molecule has 0 radical (unpaired) electrons. The molecule has 1 aromatic rings. The predicted molar refractivity (Wildman–Crippen MR) is 67.3 cm³/mol. The Morgan fingerprint density at radius 1 is 1.20 bits per heavy atom. The first-order valence-corrected chi connectivity index (χ1v) is 6.63. The molecule has 0 aliphatic heterocycles. The Kier molecular flexibility index (Phi) is 5.81. The van der Waals surface area contributed by atoms with Gasteiger partial charge in [0.05, 0.1) is 6.10 Å². The first-order valence-electron chi connectivity index (χ1n) is 5.65. The van der Waals surface area contributed by atoms with Gasteiger partial charge in [0.25, 0.3) is 0 Å². The molecule has 0 bridgehead atoms. The van der Waals surface area contributed by atoms with Crippen molar-refractivity contribution in [1.29, 1.82) is 0 Å². The number of hydrogen-bond donors (Lipinski definition) is 1. The third-order valence-corrected chi connectivity index (χ3v) is 3.48. The monoisotopic (exact) mass is 224 g/mol. The minimum Gasteiger partial charge on any atom is -0.389 e. The molecular weight excluding hydrogens is 204 g/mol. The quantitative estimate of drug-likeness (QED) is 0.581. The number of thioether (sulfide) groups is 1. The number of benzene rings is 1. The summed E-state index contributed by atoms with van der Waals surface area (Å²) in [5.74, 6) is 1.20. The lowest BCUT2D eigenvalue weighted by Crippen LogP contribution is -1.89. The molecule has 84 valence electrons. The van der Waals surface area contributed by atoms with Crippen molar-refractivity contribution >= 4 is 11.8 Å². The van der Waals surface area contributed by atoms with E-state index in [9.17, 15) is 5.11 Å². The standard InChI is InChI=1S/C13H20OS/c1-3-4-5-10-15-13-8-6-12(7-9-13)11(2)14/h6-9,11,14H,3-5,10H2,1-2H3/t11-/m1/s1. The summed E-state index contributed by atoms with van der Waals surface area (Å²) in [5.41, 5.74) is 0.993. The fourth-order valence-corrected chi connectivity index (χ4v) is 2.30. The van der Waals surface area contributed by atoms with Crippen LogP contribution in [0.1, 0.15) is 44.8 Å². The average Bonchev–Trinajstić information content (AvgIpc) is 2.25. The van der Waals surface area contributed by atoms with Crippen LogP contribution in [0.4, 0.5) is 0 Å². The first-order chi connectivity index (χ1) is 7.24. The van der Waals surface area contributed by atoms with Gasteiger partial charge in [-0.3, -0.25) is 0 Å². The van der Waals surface area contributed by atoms with Gasteiger partial charge in [-0.05, 0) is 36.8 Å². The zero-order chi connectivity index (χ0) is 11.1. The van der Waals surface area contributed by atoms with Gasteiger partial charge >= 0.3 is 0 Å². The van der Waals surface area contributed by atoms with Crippen LogP contribution in [-0.4, -0.2) is 10.9 Å². The van der Waals surface area contributed by atoms with E-state index < -0.39 is 0 Å². The fraction of sp³-hybridized carbons (Fsp3) is 0.538. The number of rotatable bonds is 6. The molecule has 0 fully saturated rings. The highest BCUT2D eigenvalue weighted by Crippen LogP contribution is 2.22. The van der Waals surface area contributed by atoms with Gasteiger partial charge in [0.2, 0.25) is 0 Å². The van der Waals surface area contributed by atoms with Gasteiger partial charge in [0.15, 0.2) is 0 Å². The number of unbranched alkanes of at least 4 members (excludes halogenated alkanes) is 2. The van der Waals surface area contributed by atoms with E-state index in [1.165, 1.54) is 29.9 Å². The van der Waals surface area contributed by atoms with Crippen molar-refractivity contribution in [1.82, 2.24) is 0 Å². The van der Waals surface area contributed by atoms with Gasteiger partial charge in [-0.15, -0.1) is 11.8 Å². The third kappa shape index (κ3) is 4.72. The van der Waals surface area contributed by atoms with E-state index in [4.69, 9.17) is 0 Å². The summed E-state index contributed by atoms with van der Waals surface area (Å²) < 4.78 is 0. The maximum Gasteiger partial charge on any atom is 0.0761 e. The molecule has 0 aromatic heterocycles. The lowest BCUT2D eigenvalue weighted by atomic mass is 10.1. The maximum atomic E-state index is 9.35. The summed E-state index contributed by atoms with van der Waals surface area (Å²) in [6.45, 7) is 4.02. The zero-order valence-electron chi connectivity index (χ0n) is 9.57. The molecule has 0 spiro atoms. The molecule has 0 amide bonds. The van der Waals surface area contributed by atoms with Gasteiger partial charge < -0.3 is 5.11 Å². The van der Waals surface area contributed by atoms with Crippen molar-refractivity contribution < 1.29 is 5.11 Å². The highest BCUT2D eigenvalue weighted by atomic mass is 32.2. The fourth-order valence-electron chi connectivity index (χ4n) is 1.38. The lowest BCUT2D eigenvalue weighted by Gasteiger charge is -2.05. The third-order valence-electron chi connectivity index (χ3n) is 2.38. The van der Waals surface area contributed by atoms with Gasteiger partial charge in [-0.1, -0.05) is 31.9 Å². The maximum absolute atomic E-state index is 9.35. The summed E-state index contributed by atoms with van der Waals surface area (Å²) >= 11 is 1.90. The van der Waals surface area contributed by atoms with E-state index >= 15 is 0 Å². The molecule has 2 heteroatoms. The van der Waals surface area contributed by atoms with Crippen molar-refractivity contribution in [2.75, 3.05) is 5.75 Å². The largest absolute Gasteiger partial charge is 0.389 e. The van der Waals surface area contributed by atoms with Gasteiger partial charge in [0.1, 0.15) is 0 Å². The Hall–Kier alpha value is -0.470. The van der Waals surface area contributed by atoms with Crippen LogP contribution in [0.5, 0.6) is 0 Å². The Labute approximate surface area is 96.9 Å². The average molecular weight is 224 g/mol. The van der Waals surface area contributed by atoms with E-state index in [1.807, 2.05) is 23.9 Å². The van der Waals surface area contributed by atoms with Crippen LogP contribution in [0.25, 0.3) is 0 Å². The van der Waals surface area contributed by atoms with Crippen molar-refractivity contribution in [3.05, 3.63) is 29.8 Å². The highest BCUT2D eigenvalue weighted by Gasteiger charge is 2.00. The van der Waals surface area contributed by atoms with Gasteiger partial charge in [-0.25, -0.2) is 0 Å². The second-order valence-corrected chi connectivity index (χ2v) is 4.97. The highest BCUT2D eigenvalue weighted by molar-refractivity contribution is 7.99. The lowest BCUT2D eigenvalue weighted by molar-refractivity contribution is 0.199. The Morgan fingerprint density at radius 2 is 1.87 bits per heavy atom. The minimum absolute atomic E-state index is 0.357. The molecule has 1 atom stereocenters. The van der Waals surface area contributed by atoms with E-state index in [2.05, 4.69) is 19.1 Å². The van der Waals surface area contributed by atoms with E-state index in [-0.39, 0.29) is 6.10 Å². The molecule has 0 unspecified atom stereocenters. The van der Waals surface area contributed by atoms with Crippen LogP contribution >= 0.6 is 11.8 Å². The summed E-state index contributed by atoms with van der Waals surface area (Å²) in [7, 11) is 0. The molecular formula is C13H20OS. The predicted octanol–water partition coefficient (Wildman–Crippen LogP) is 4.02. The zero-order valence-corrected chi connectivity index (χ0v) is 10.4. The molecule has 1 aromatic carbocycles. The molecule has 0 aliphatic rings. The van der Waals surface area contributed by atoms with Crippen LogP contribution < -0.4 is 0 Å². The van der Waals surface area contributed by atoms with Gasteiger partial charge in [0, 0.05) is 4.90 Å². The molecule has 0 saturated heterocycles. The molecule has 1 N–H and O–H groups in total. The minimum atomic E-state index is -0.357. The van der Waals surface area contributed by atoms with Crippen LogP contribution in [0.15, 0.2) is 29.2 Å². The normalized spacial score (nSPS) is 12.7. The summed E-state index contributed by atoms with van der Waals surface area (Å²) in [5, 5.41) is 9.35. The number of aliphatic hydroxyl groups excluding tert-OH is 1. The summed E-state index contributed by atoms with van der Waals surface area (Å²) in [4.78, 5) is 1.30. The Morgan fingerprint density at radius 3 is 2.40 bits per heavy atom. The molecule has 0 aliphatic carbocycles. The smallest absolute Gasteiger partial charge is 0.0761 e. The van der Waals surface area contributed by atoms with Gasteiger partial charge in [-0.2, -0.15) is 0 Å². The second-order valence-electron chi connectivity index (χ2n) is 3.80. The molecule has 15 heavy (non-hydrogen) atoms. The molecule has 0 heterocycles. The molecule has 1 rings (SSSR count). The number of aliphatic hydroxyl groups is 1. The van der Waals surface area contributed by atoms with Crippen molar-refractivity contribution in [2.24, 2.45) is 0 Å². The summed E-state index contributed by atoms with van der Waals surface area (Å²) in [6, 6.07) is 8.21. The summed E-state index contributed by atoms with van der Waals surface area (Å²) in [6.07, 6.45) is 3.53. The SMILES string of the molecule is CCCCCSc1ccc([C@@H](C)O)cc1. The topological polar surface area (TPSA) is 20.2 Å². The number of hydrogen-bond acceptors (Lipinski definition) is 2. The first kappa shape index (κ1) is 12.6. The van der Waals surface area contributed by atoms with E-state index in [0.717, 1.165) is 5.56 Å². The van der Waals surface area contributed by atoms with Crippen LogP contribution in [-0.2, 0) is 0 Å². The van der Waals surface area contributed by atoms with Crippen molar-refractivity contribution in [2.45, 2.75) is 44.1 Å². The Bertz CT molecular complexity index is 266. The van der Waals surface area contributed by atoms with E-state index in [0.29, 0.717) is 0 Å². The molecule has 1 nitrogen and oxygen atoms in total. The van der Waals surface area contributed by atoms with Crippen molar-refractivity contribution in [3.8, 4) is 0 Å². The van der Waals surface area contributed by atoms with Crippen LogP contribution in [0.3, 0.4) is 0 Å². The molecule has 0 saturated carbocycles. The van der Waals surface area contributed by atoms with Crippen LogP contribution in [0, 0.1) is 0 Å². The Balaban J connectivity index is 2.36.